The highest BCUT2D eigenvalue weighted by Gasteiger charge is 2.30. The van der Waals surface area contributed by atoms with Crippen molar-refractivity contribution in [2.24, 2.45) is 0 Å². The molecule has 0 aliphatic carbocycles. The van der Waals surface area contributed by atoms with Gasteiger partial charge in [0.25, 0.3) is 0 Å². The van der Waals surface area contributed by atoms with Crippen LogP contribution in [0.1, 0.15) is 27.8 Å². The monoisotopic (exact) mass is 590 g/mol. The molecule has 0 bridgehead atoms. The van der Waals surface area contributed by atoms with E-state index in [1.54, 1.807) is 0 Å². The van der Waals surface area contributed by atoms with Crippen molar-refractivity contribution in [1.82, 2.24) is 9.47 Å². The molecule has 0 saturated heterocycles. The number of hydrogen-bond acceptors (Lipinski definition) is 1. The molecular weight excluding hydrogens is 569 g/mol. The highest BCUT2D eigenvalue weighted by molar-refractivity contribution is 14.1. The first-order valence-corrected chi connectivity index (χ1v) is 11.4. The molecule has 0 atom stereocenters. The Labute approximate surface area is 207 Å². The predicted molar refractivity (Wildman–Crippen MR) is 129 cm³/mol. The number of benzene rings is 2. The fraction of sp³-hybridized carbons (Fsp3) is 0.200. The standard InChI is InChI=1S/C25H21F6IN2/c1-33(15-18-2-6-22(7-3-18)24(26,27)28)12-10-20(14-32)21-11-13-34(17-21)16-19-4-8-23(9-5-19)25(29,30)31/h2-14,17H,15-16H2,1H3/b12-10-,20-14+. The molecular formula is C25H21F6IN2. The number of hydrogen-bond donors (Lipinski definition) is 0. The average Bonchev–Trinajstić information content (AvgIpc) is 3.22. The van der Waals surface area contributed by atoms with E-state index in [1.807, 2.05) is 51.3 Å². The van der Waals surface area contributed by atoms with Crippen LogP contribution in [0.15, 0.2) is 83.3 Å². The third-order valence-electron chi connectivity index (χ3n) is 5.07. The molecule has 0 aliphatic rings. The quantitative estimate of drug-likeness (QED) is 0.154. The Morgan fingerprint density at radius 1 is 0.853 bits per heavy atom. The van der Waals surface area contributed by atoms with Crippen molar-refractivity contribution in [3.63, 3.8) is 0 Å². The average molecular weight is 590 g/mol. The zero-order valence-corrected chi connectivity index (χ0v) is 20.2. The normalized spacial score (nSPS) is 13.0. The van der Waals surface area contributed by atoms with Gasteiger partial charge in [-0.25, -0.2) is 0 Å². The molecule has 0 radical (unpaired) electrons. The number of alkyl halides is 6. The van der Waals surface area contributed by atoms with Gasteiger partial charge in [0, 0.05) is 32.5 Å². The minimum atomic E-state index is -4.36. The summed E-state index contributed by atoms with van der Waals surface area (Å²) in [7, 11) is 1.83. The first-order chi connectivity index (χ1) is 16.0. The predicted octanol–water partition coefficient (Wildman–Crippen LogP) is 8.00. The van der Waals surface area contributed by atoms with E-state index in [0.717, 1.165) is 46.5 Å². The van der Waals surface area contributed by atoms with Crippen LogP contribution in [0.5, 0.6) is 0 Å². The van der Waals surface area contributed by atoms with Crippen molar-refractivity contribution in [3.05, 3.63) is 111 Å². The smallest absolute Gasteiger partial charge is 0.376 e. The first-order valence-electron chi connectivity index (χ1n) is 10.1. The number of rotatable bonds is 7. The summed E-state index contributed by atoms with van der Waals surface area (Å²) >= 11 is 2.12. The molecule has 0 spiro atoms. The SMILES string of the molecule is CN(/C=C\C(=C/I)c1ccn(Cc2ccc(C(F)(F)F)cc2)c1)Cc1ccc(C(F)(F)F)cc1. The van der Waals surface area contributed by atoms with Gasteiger partial charge in [0.05, 0.1) is 11.1 Å². The molecule has 0 aliphatic heterocycles. The van der Waals surface area contributed by atoms with E-state index in [1.165, 1.54) is 24.3 Å². The number of aromatic nitrogens is 1. The molecule has 9 heteroatoms. The van der Waals surface area contributed by atoms with Crippen molar-refractivity contribution in [1.29, 1.82) is 0 Å². The largest absolute Gasteiger partial charge is 0.416 e. The summed E-state index contributed by atoms with van der Waals surface area (Å²) in [5.74, 6) is 0. The van der Waals surface area contributed by atoms with Crippen molar-refractivity contribution < 1.29 is 26.3 Å². The van der Waals surface area contributed by atoms with Crippen molar-refractivity contribution in [2.75, 3.05) is 7.05 Å². The zero-order chi connectivity index (χ0) is 24.9. The van der Waals surface area contributed by atoms with Crippen LogP contribution in [0.3, 0.4) is 0 Å². The van der Waals surface area contributed by atoms with Crippen LogP contribution in [0.4, 0.5) is 26.3 Å². The minimum Gasteiger partial charge on any atom is -0.376 e. The molecule has 1 aromatic heterocycles. The highest BCUT2D eigenvalue weighted by Crippen LogP contribution is 2.30. The lowest BCUT2D eigenvalue weighted by Gasteiger charge is -2.15. The van der Waals surface area contributed by atoms with Gasteiger partial charge in [-0.1, -0.05) is 46.9 Å². The van der Waals surface area contributed by atoms with Gasteiger partial charge >= 0.3 is 12.4 Å². The molecule has 1 heterocycles. The molecule has 2 nitrogen and oxygen atoms in total. The fourth-order valence-electron chi connectivity index (χ4n) is 3.26. The van der Waals surface area contributed by atoms with E-state index in [-0.39, 0.29) is 0 Å². The van der Waals surface area contributed by atoms with Gasteiger partial charge in [-0.05, 0) is 69.0 Å². The Kier molecular flexibility index (Phi) is 8.17. The zero-order valence-electron chi connectivity index (χ0n) is 18.0. The maximum Gasteiger partial charge on any atom is 0.416 e. The third-order valence-corrected chi connectivity index (χ3v) is 5.74. The molecule has 0 unspecified atom stereocenters. The Balaban J connectivity index is 1.61. The van der Waals surface area contributed by atoms with Gasteiger partial charge in [-0.15, -0.1) is 0 Å². The number of nitrogens with zero attached hydrogens (tertiary/aromatic N) is 2. The van der Waals surface area contributed by atoms with E-state index in [4.69, 9.17) is 0 Å². The molecule has 2 aromatic carbocycles. The van der Waals surface area contributed by atoms with E-state index >= 15 is 0 Å². The Hall–Kier alpha value is -2.69. The molecule has 180 valence electrons. The van der Waals surface area contributed by atoms with Crippen LogP contribution in [0.25, 0.3) is 5.57 Å². The molecule has 0 N–H and O–H groups in total. The maximum absolute atomic E-state index is 12.7. The lowest BCUT2D eigenvalue weighted by atomic mass is 10.1. The fourth-order valence-corrected chi connectivity index (χ4v) is 3.83. The minimum absolute atomic E-state index is 0.435. The molecule has 3 rings (SSSR count). The summed E-state index contributed by atoms with van der Waals surface area (Å²) in [4.78, 5) is 1.86. The Morgan fingerprint density at radius 3 is 1.88 bits per heavy atom. The van der Waals surface area contributed by atoms with E-state index in [9.17, 15) is 26.3 Å². The number of halogens is 7. The Morgan fingerprint density at radius 2 is 1.38 bits per heavy atom. The van der Waals surface area contributed by atoms with Gasteiger partial charge in [0.15, 0.2) is 0 Å². The molecule has 3 aromatic rings. The molecule has 0 amide bonds. The Bertz CT molecular complexity index is 1140. The first kappa shape index (κ1) is 25.9. The van der Waals surface area contributed by atoms with Crippen molar-refractivity contribution in [2.45, 2.75) is 25.4 Å². The van der Waals surface area contributed by atoms with Gasteiger partial charge in [-0.2, -0.15) is 26.3 Å². The van der Waals surface area contributed by atoms with Gasteiger partial charge in [-0.3, -0.25) is 0 Å². The lowest BCUT2D eigenvalue weighted by molar-refractivity contribution is -0.138. The summed E-state index contributed by atoms with van der Waals surface area (Å²) in [6.07, 6.45) is -1.21. The van der Waals surface area contributed by atoms with Crippen LogP contribution in [0.2, 0.25) is 0 Å². The van der Waals surface area contributed by atoms with E-state index < -0.39 is 23.5 Å². The summed E-state index contributed by atoms with van der Waals surface area (Å²) < 4.78 is 80.1. The molecule has 0 fully saturated rings. The summed E-state index contributed by atoms with van der Waals surface area (Å²) in [5.41, 5.74) is 2.01. The van der Waals surface area contributed by atoms with Crippen LogP contribution >= 0.6 is 22.6 Å². The van der Waals surface area contributed by atoms with Crippen LogP contribution in [0, 0.1) is 0 Å². The molecule has 34 heavy (non-hydrogen) atoms. The van der Waals surface area contributed by atoms with Gasteiger partial charge < -0.3 is 9.47 Å². The summed E-state index contributed by atoms with van der Waals surface area (Å²) in [5, 5.41) is 0. The van der Waals surface area contributed by atoms with E-state index in [0.29, 0.717) is 13.1 Å². The van der Waals surface area contributed by atoms with Crippen molar-refractivity contribution >= 4 is 28.2 Å². The second-order valence-electron chi connectivity index (χ2n) is 7.76. The topological polar surface area (TPSA) is 8.17 Å². The van der Waals surface area contributed by atoms with Crippen LogP contribution < -0.4 is 0 Å². The highest BCUT2D eigenvalue weighted by atomic mass is 127. The van der Waals surface area contributed by atoms with Crippen molar-refractivity contribution in [3.8, 4) is 0 Å². The van der Waals surface area contributed by atoms with Gasteiger partial charge in [0.1, 0.15) is 0 Å². The molecule has 0 saturated carbocycles. The van der Waals surface area contributed by atoms with Crippen LogP contribution in [-0.4, -0.2) is 16.5 Å². The van der Waals surface area contributed by atoms with Gasteiger partial charge in [0.2, 0.25) is 0 Å². The second-order valence-corrected chi connectivity index (χ2v) is 8.38. The maximum atomic E-state index is 12.7. The third kappa shape index (κ3) is 7.15. The number of allylic oxidation sites excluding steroid dienone is 2. The summed E-state index contributed by atoms with van der Waals surface area (Å²) in [6, 6.07) is 12.1. The summed E-state index contributed by atoms with van der Waals surface area (Å²) in [6.45, 7) is 0.877. The second kappa shape index (κ2) is 10.7. The van der Waals surface area contributed by atoms with E-state index in [2.05, 4.69) is 22.6 Å². The lowest BCUT2D eigenvalue weighted by Crippen LogP contribution is -2.10. The van der Waals surface area contributed by atoms with Crippen LogP contribution in [-0.2, 0) is 25.4 Å².